The van der Waals surface area contributed by atoms with Gasteiger partial charge in [-0.2, -0.15) is 0 Å². The molecule has 0 aromatic heterocycles. The number of benzene rings is 1. The Morgan fingerprint density at radius 1 is 1.00 bits per heavy atom. The Bertz CT molecular complexity index is 550. The van der Waals surface area contributed by atoms with E-state index >= 15 is 0 Å². The van der Waals surface area contributed by atoms with Crippen LogP contribution in [0.5, 0.6) is 0 Å². The highest BCUT2D eigenvalue weighted by molar-refractivity contribution is 5.96. The Kier molecular flexibility index (Phi) is 5.28. The largest absolute Gasteiger partial charge is 0.326 e. The molecule has 2 aliphatic rings. The van der Waals surface area contributed by atoms with Crippen LogP contribution in [0, 0.1) is 0 Å². The van der Waals surface area contributed by atoms with Crippen molar-refractivity contribution >= 4 is 23.2 Å². The molecule has 5 nitrogen and oxygen atoms in total. The normalized spacial score (nSPS) is 19.1. The number of anilines is 2. The zero-order valence-electron chi connectivity index (χ0n) is 13.6. The second-order valence-electron chi connectivity index (χ2n) is 6.40. The summed E-state index contributed by atoms with van der Waals surface area (Å²) in [4.78, 5) is 27.9. The molecule has 0 atom stereocenters. The van der Waals surface area contributed by atoms with Crippen molar-refractivity contribution in [2.75, 3.05) is 36.4 Å². The van der Waals surface area contributed by atoms with Crippen LogP contribution in [-0.2, 0) is 9.59 Å². The van der Waals surface area contributed by atoms with Crippen molar-refractivity contribution < 1.29 is 9.59 Å². The molecule has 0 unspecified atom stereocenters. The molecule has 0 spiro atoms. The molecule has 2 fully saturated rings. The quantitative estimate of drug-likeness (QED) is 0.909. The van der Waals surface area contributed by atoms with Crippen molar-refractivity contribution in [1.82, 2.24) is 4.90 Å². The van der Waals surface area contributed by atoms with Gasteiger partial charge in [-0.05, 0) is 56.6 Å². The van der Waals surface area contributed by atoms with Crippen LogP contribution >= 0.6 is 0 Å². The highest BCUT2D eigenvalue weighted by Crippen LogP contribution is 2.23. The first-order valence-corrected chi connectivity index (χ1v) is 8.65. The van der Waals surface area contributed by atoms with Crippen molar-refractivity contribution in [2.45, 2.75) is 38.5 Å². The second kappa shape index (κ2) is 7.59. The Labute approximate surface area is 137 Å². The van der Waals surface area contributed by atoms with E-state index in [2.05, 4.69) is 10.2 Å². The zero-order chi connectivity index (χ0) is 16.1. The molecule has 5 heteroatoms. The summed E-state index contributed by atoms with van der Waals surface area (Å²) in [5.41, 5.74) is 1.71. The molecule has 0 bridgehead atoms. The van der Waals surface area contributed by atoms with Crippen molar-refractivity contribution in [1.29, 1.82) is 0 Å². The fourth-order valence-corrected chi connectivity index (χ4v) is 3.31. The first-order valence-electron chi connectivity index (χ1n) is 8.65. The summed E-state index contributed by atoms with van der Waals surface area (Å²) in [6.45, 7) is 3.87. The average molecular weight is 315 g/mol. The van der Waals surface area contributed by atoms with Gasteiger partial charge < -0.3 is 15.1 Å². The summed E-state index contributed by atoms with van der Waals surface area (Å²) in [5.74, 6) is 0.240. The second-order valence-corrected chi connectivity index (χ2v) is 6.40. The van der Waals surface area contributed by atoms with Crippen LogP contribution in [0.25, 0.3) is 0 Å². The first kappa shape index (κ1) is 16.0. The van der Waals surface area contributed by atoms with Crippen molar-refractivity contribution in [2.24, 2.45) is 0 Å². The molecule has 2 heterocycles. The van der Waals surface area contributed by atoms with E-state index in [0.29, 0.717) is 12.8 Å². The van der Waals surface area contributed by atoms with Crippen LogP contribution < -0.4 is 10.2 Å². The lowest BCUT2D eigenvalue weighted by Gasteiger charge is -2.25. The predicted molar refractivity (Wildman–Crippen MR) is 91.6 cm³/mol. The van der Waals surface area contributed by atoms with E-state index in [1.165, 1.54) is 19.3 Å². The minimum Gasteiger partial charge on any atom is -0.326 e. The van der Waals surface area contributed by atoms with E-state index in [1.54, 1.807) is 0 Å². The Morgan fingerprint density at radius 2 is 1.74 bits per heavy atom. The number of nitrogens with one attached hydrogen (secondary N) is 1. The molecule has 1 aromatic rings. The van der Waals surface area contributed by atoms with Gasteiger partial charge in [0.05, 0.1) is 0 Å². The van der Waals surface area contributed by atoms with Crippen LogP contribution in [0.1, 0.15) is 38.5 Å². The molecule has 0 saturated carbocycles. The molecule has 2 saturated heterocycles. The number of likely N-dealkylation sites (tertiary alicyclic amines) is 1. The lowest BCUT2D eigenvalue weighted by atomic mass is 10.1. The first-order chi connectivity index (χ1) is 11.2. The van der Waals surface area contributed by atoms with Gasteiger partial charge in [-0.25, -0.2) is 0 Å². The summed E-state index contributed by atoms with van der Waals surface area (Å²) >= 11 is 0. The van der Waals surface area contributed by atoms with Gasteiger partial charge in [0.25, 0.3) is 0 Å². The topological polar surface area (TPSA) is 52.7 Å². The fraction of sp³-hybridized carbons (Fsp3) is 0.556. The molecule has 2 amide bonds. The highest BCUT2D eigenvalue weighted by Gasteiger charge is 2.21. The van der Waals surface area contributed by atoms with Gasteiger partial charge in [-0.1, -0.05) is 6.42 Å². The third-order valence-corrected chi connectivity index (χ3v) is 4.64. The maximum absolute atomic E-state index is 12.0. The van der Waals surface area contributed by atoms with Crippen molar-refractivity contribution in [3.8, 4) is 0 Å². The van der Waals surface area contributed by atoms with Crippen LogP contribution in [0.2, 0.25) is 0 Å². The van der Waals surface area contributed by atoms with E-state index in [-0.39, 0.29) is 11.8 Å². The lowest BCUT2D eigenvalue weighted by Crippen LogP contribution is -2.32. The van der Waals surface area contributed by atoms with Gasteiger partial charge in [0.2, 0.25) is 11.8 Å². The maximum Gasteiger partial charge on any atom is 0.227 e. The Morgan fingerprint density at radius 3 is 2.39 bits per heavy atom. The number of carbonyl (C=O) groups excluding carboxylic acids is 2. The predicted octanol–water partition coefficient (Wildman–Crippen LogP) is 2.63. The molecular formula is C18H25N3O2. The third-order valence-electron chi connectivity index (χ3n) is 4.64. The van der Waals surface area contributed by atoms with Crippen LogP contribution in [0.4, 0.5) is 11.4 Å². The van der Waals surface area contributed by atoms with Crippen LogP contribution in [-0.4, -0.2) is 42.9 Å². The SMILES string of the molecule is O=C(CCN1CCCCC1)Nc1ccc(N2CCCC2=O)cc1. The van der Waals surface area contributed by atoms with Gasteiger partial charge in [-0.3, -0.25) is 9.59 Å². The number of hydrogen-bond donors (Lipinski definition) is 1. The average Bonchev–Trinajstić information content (AvgIpc) is 3.01. The third kappa shape index (κ3) is 4.32. The number of carbonyl (C=O) groups is 2. The van der Waals surface area contributed by atoms with E-state index in [9.17, 15) is 9.59 Å². The minimum absolute atomic E-state index is 0.0561. The highest BCUT2D eigenvalue weighted by atomic mass is 16.2. The smallest absolute Gasteiger partial charge is 0.227 e. The molecule has 124 valence electrons. The van der Waals surface area contributed by atoms with Crippen molar-refractivity contribution in [3.63, 3.8) is 0 Å². The number of amides is 2. The van der Waals surface area contributed by atoms with E-state index in [4.69, 9.17) is 0 Å². The zero-order valence-corrected chi connectivity index (χ0v) is 13.6. The fourth-order valence-electron chi connectivity index (χ4n) is 3.31. The number of rotatable bonds is 5. The van der Waals surface area contributed by atoms with E-state index < -0.39 is 0 Å². The summed E-state index contributed by atoms with van der Waals surface area (Å²) in [6.07, 6.45) is 5.90. The lowest BCUT2D eigenvalue weighted by molar-refractivity contribution is -0.117. The summed E-state index contributed by atoms with van der Waals surface area (Å²) in [6, 6.07) is 7.56. The Hall–Kier alpha value is -1.88. The van der Waals surface area contributed by atoms with Gasteiger partial charge in [0.15, 0.2) is 0 Å². The van der Waals surface area contributed by atoms with Crippen LogP contribution in [0.15, 0.2) is 24.3 Å². The molecule has 0 aliphatic carbocycles. The van der Waals surface area contributed by atoms with Gasteiger partial charge in [0.1, 0.15) is 0 Å². The summed E-state index contributed by atoms with van der Waals surface area (Å²) in [5, 5.41) is 2.94. The van der Waals surface area contributed by atoms with Crippen LogP contribution in [0.3, 0.4) is 0 Å². The number of piperidine rings is 1. The van der Waals surface area contributed by atoms with Gasteiger partial charge in [-0.15, -0.1) is 0 Å². The summed E-state index contributed by atoms with van der Waals surface area (Å²) < 4.78 is 0. The molecule has 0 radical (unpaired) electrons. The van der Waals surface area contributed by atoms with Gasteiger partial charge in [0, 0.05) is 37.3 Å². The molecule has 3 rings (SSSR count). The molecular weight excluding hydrogens is 290 g/mol. The molecule has 1 aromatic carbocycles. The molecule has 23 heavy (non-hydrogen) atoms. The Balaban J connectivity index is 1.47. The minimum atomic E-state index is 0.0561. The van der Waals surface area contributed by atoms with E-state index in [1.807, 2.05) is 29.2 Å². The van der Waals surface area contributed by atoms with E-state index in [0.717, 1.165) is 44.0 Å². The molecule has 1 N–H and O–H groups in total. The van der Waals surface area contributed by atoms with Crippen molar-refractivity contribution in [3.05, 3.63) is 24.3 Å². The monoisotopic (exact) mass is 315 g/mol. The maximum atomic E-state index is 12.0. The summed E-state index contributed by atoms with van der Waals surface area (Å²) in [7, 11) is 0. The van der Waals surface area contributed by atoms with Gasteiger partial charge >= 0.3 is 0 Å². The standard InChI is InChI=1S/C18H25N3O2/c22-17(10-14-20-11-2-1-3-12-20)19-15-6-8-16(9-7-15)21-13-4-5-18(21)23/h6-9H,1-5,10-14H2,(H,19,22). The molecule has 2 aliphatic heterocycles. The number of nitrogens with zero attached hydrogens (tertiary/aromatic N) is 2. The number of hydrogen-bond acceptors (Lipinski definition) is 3.